The number of halogens is 4. The number of benzene rings is 3. The van der Waals surface area contributed by atoms with E-state index < -0.39 is 17.6 Å². The number of carbonyl (C=O) groups excluding carboxylic acids is 1. The largest absolute Gasteiger partial charge is 0.489 e. The first-order chi connectivity index (χ1) is 13.3. The van der Waals surface area contributed by atoms with E-state index in [0.717, 1.165) is 11.6 Å². The van der Waals surface area contributed by atoms with Crippen molar-refractivity contribution in [2.75, 3.05) is 5.32 Å². The van der Waals surface area contributed by atoms with Crippen LogP contribution in [0.4, 0.5) is 18.9 Å². The highest BCUT2D eigenvalue weighted by Crippen LogP contribution is 2.36. The summed E-state index contributed by atoms with van der Waals surface area (Å²) >= 11 is 1.80. The summed E-state index contributed by atoms with van der Waals surface area (Å²) in [5.74, 6) is -0.188. The Bertz CT molecular complexity index is 975. The molecule has 1 N–H and O–H groups in total. The Balaban J connectivity index is 1.75. The third-order valence-electron chi connectivity index (χ3n) is 3.88. The lowest BCUT2D eigenvalue weighted by Crippen LogP contribution is -2.17. The molecular weight excluding hydrogens is 482 g/mol. The van der Waals surface area contributed by atoms with Crippen molar-refractivity contribution in [3.8, 4) is 5.75 Å². The number of nitrogens with one attached hydrogen (secondary N) is 1. The number of amides is 1. The highest BCUT2D eigenvalue weighted by molar-refractivity contribution is 14.1. The van der Waals surface area contributed by atoms with Gasteiger partial charge in [-0.15, -0.1) is 0 Å². The molecule has 0 heterocycles. The Hall–Kier alpha value is -2.55. The summed E-state index contributed by atoms with van der Waals surface area (Å²) in [4.78, 5) is 12.5. The maximum absolute atomic E-state index is 13.2. The maximum Gasteiger partial charge on any atom is 0.418 e. The van der Waals surface area contributed by atoms with Gasteiger partial charge < -0.3 is 10.1 Å². The molecule has 3 rings (SSSR count). The summed E-state index contributed by atoms with van der Waals surface area (Å²) in [6.07, 6.45) is -4.57. The number of ether oxygens (including phenoxy) is 1. The molecule has 0 saturated heterocycles. The van der Waals surface area contributed by atoms with E-state index >= 15 is 0 Å². The third-order valence-corrected chi connectivity index (χ3v) is 4.55. The van der Waals surface area contributed by atoms with Gasteiger partial charge in [0.2, 0.25) is 0 Å². The molecule has 0 radical (unpaired) electrons. The van der Waals surface area contributed by atoms with Gasteiger partial charge in [0.25, 0.3) is 5.91 Å². The van der Waals surface area contributed by atoms with E-state index in [1.54, 1.807) is 34.7 Å². The SMILES string of the molecule is O=C(Nc1ccc(I)cc1C(F)(F)F)c1cccc(OCc2ccccc2)c1. The van der Waals surface area contributed by atoms with Gasteiger partial charge in [0.05, 0.1) is 11.3 Å². The summed E-state index contributed by atoms with van der Waals surface area (Å²) in [6, 6.07) is 19.6. The van der Waals surface area contributed by atoms with Crippen LogP contribution in [-0.2, 0) is 12.8 Å². The van der Waals surface area contributed by atoms with Gasteiger partial charge in [0.15, 0.2) is 0 Å². The highest BCUT2D eigenvalue weighted by atomic mass is 127. The average Bonchev–Trinajstić information content (AvgIpc) is 2.68. The van der Waals surface area contributed by atoms with Crippen LogP contribution in [0.2, 0.25) is 0 Å². The second-order valence-corrected chi connectivity index (χ2v) is 7.19. The van der Waals surface area contributed by atoms with Crippen LogP contribution in [0.3, 0.4) is 0 Å². The lowest BCUT2D eigenvalue weighted by Gasteiger charge is -2.14. The molecule has 0 spiro atoms. The molecule has 0 fully saturated rings. The first kappa shape index (κ1) is 20.2. The molecule has 0 saturated carbocycles. The van der Waals surface area contributed by atoms with E-state index in [0.29, 0.717) is 15.9 Å². The average molecular weight is 497 g/mol. The third kappa shape index (κ3) is 5.25. The Morgan fingerprint density at radius 2 is 1.71 bits per heavy atom. The molecule has 0 aliphatic rings. The van der Waals surface area contributed by atoms with Gasteiger partial charge in [-0.2, -0.15) is 13.2 Å². The van der Waals surface area contributed by atoms with Crippen molar-refractivity contribution < 1.29 is 22.7 Å². The molecule has 28 heavy (non-hydrogen) atoms. The van der Waals surface area contributed by atoms with Crippen LogP contribution in [0.15, 0.2) is 72.8 Å². The number of carbonyl (C=O) groups is 1. The highest BCUT2D eigenvalue weighted by Gasteiger charge is 2.34. The fourth-order valence-corrected chi connectivity index (χ4v) is 3.01. The smallest absolute Gasteiger partial charge is 0.418 e. The quantitative estimate of drug-likeness (QED) is 0.430. The van der Waals surface area contributed by atoms with Crippen molar-refractivity contribution in [3.05, 3.63) is 93.1 Å². The fourth-order valence-electron chi connectivity index (χ4n) is 2.52. The lowest BCUT2D eigenvalue weighted by atomic mass is 10.1. The number of alkyl halides is 3. The van der Waals surface area contributed by atoms with Crippen LogP contribution in [0.25, 0.3) is 0 Å². The van der Waals surface area contributed by atoms with Crippen molar-refractivity contribution in [1.82, 2.24) is 0 Å². The van der Waals surface area contributed by atoms with Gasteiger partial charge in [-0.1, -0.05) is 36.4 Å². The van der Waals surface area contributed by atoms with E-state index in [-0.39, 0.29) is 11.3 Å². The standard InChI is InChI=1S/C21H15F3INO2/c22-21(23,24)18-12-16(25)9-10-19(18)26-20(27)15-7-4-8-17(11-15)28-13-14-5-2-1-3-6-14/h1-12H,13H2,(H,26,27). The summed E-state index contributed by atoms with van der Waals surface area (Å²) < 4.78 is 45.8. The van der Waals surface area contributed by atoms with Gasteiger partial charge in [-0.3, -0.25) is 4.79 Å². The Morgan fingerprint density at radius 1 is 0.964 bits per heavy atom. The molecule has 3 aromatic rings. The molecule has 0 aliphatic carbocycles. The minimum absolute atomic E-state index is 0.206. The number of anilines is 1. The molecule has 3 aromatic carbocycles. The van der Waals surface area contributed by atoms with Crippen molar-refractivity contribution >= 4 is 34.2 Å². The predicted molar refractivity (Wildman–Crippen MR) is 109 cm³/mol. The number of hydrogen-bond donors (Lipinski definition) is 1. The van der Waals surface area contributed by atoms with Crippen LogP contribution in [0.5, 0.6) is 5.75 Å². The van der Waals surface area contributed by atoms with Gasteiger partial charge >= 0.3 is 6.18 Å². The van der Waals surface area contributed by atoms with Crippen LogP contribution >= 0.6 is 22.6 Å². The van der Waals surface area contributed by atoms with Crippen molar-refractivity contribution in [2.45, 2.75) is 12.8 Å². The Kier molecular flexibility index (Phi) is 6.23. The summed E-state index contributed by atoms with van der Waals surface area (Å²) in [7, 11) is 0. The lowest BCUT2D eigenvalue weighted by molar-refractivity contribution is -0.137. The molecule has 7 heteroatoms. The second kappa shape index (κ2) is 8.64. The normalized spacial score (nSPS) is 11.1. The second-order valence-electron chi connectivity index (χ2n) is 5.94. The molecule has 3 nitrogen and oxygen atoms in total. The molecule has 0 aliphatic heterocycles. The van der Waals surface area contributed by atoms with E-state index in [1.165, 1.54) is 24.3 Å². The Morgan fingerprint density at radius 3 is 2.43 bits per heavy atom. The minimum Gasteiger partial charge on any atom is -0.489 e. The van der Waals surface area contributed by atoms with Gasteiger partial charge in [-0.25, -0.2) is 0 Å². The molecular formula is C21H15F3INO2. The first-order valence-electron chi connectivity index (χ1n) is 8.28. The van der Waals surface area contributed by atoms with Crippen LogP contribution in [0, 0.1) is 3.57 Å². The van der Waals surface area contributed by atoms with Crippen molar-refractivity contribution in [3.63, 3.8) is 0 Å². The summed E-state index contributed by atoms with van der Waals surface area (Å²) in [5, 5.41) is 2.34. The fraction of sp³-hybridized carbons (Fsp3) is 0.0952. The van der Waals surface area contributed by atoms with Crippen molar-refractivity contribution in [2.24, 2.45) is 0 Å². The molecule has 0 atom stereocenters. The number of hydrogen-bond acceptors (Lipinski definition) is 2. The van der Waals surface area contributed by atoms with Gasteiger partial charge in [-0.05, 0) is 64.6 Å². The van der Waals surface area contributed by atoms with Crippen LogP contribution < -0.4 is 10.1 Å². The van der Waals surface area contributed by atoms with Crippen LogP contribution in [0.1, 0.15) is 21.5 Å². The molecule has 0 bridgehead atoms. The summed E-state index contributed by atoms with van der Waals surface area (Å²) in [6.45, 7) is 0.321. The van der Waals surface area contributed by atoms with Gasteiger partial charge in [0.1, 0.15) is 12.4 Å². The van der Waals surface area contributed by atoms with E-state index in [1.807, 2.05) is 30.3 Å². The first-order valence-corrected chi connectivity index (χ1v) is 9.36. The number of rotatable bonds is 5. The van der Waals surface area contributed by atoms with Gasteiger partial charge in [0, 0.05) is 9.13 Å². The maximum atomic E-state index is 13.2. The predicted octanol–water partition coefficient (Wildman–Crippen LogP) is 6.14. The molecule has 0 aromatic heterocycles. The zero-order chi connectivity index (χ0) is 20.1. The molecule has 1 amide bonds. The minimum atomic E-state index is -4.57. The topological polar surface area (TPSA) is 38.3 Å². The van der Waals surface area contributed by atoms with E-state index in [9.17, 15) is 18.0 Å². The van der Waals surface area contributed by atoms with Crippen molar-refractivity contribution in [1.29, 1.82) is 0 Å². The van der Waals surface area contributed by atoms with E-state index in [2.05, 4.69) is 5.32 Å². The zero-order valence-corrected chi connectivity index (χ0v) is 16.6. The van der Waals surface area contributed by atoms with E-state index in [4.69, 9.17) is 4.74 Å². The zero-order valence-electron chi connectivity index (χ0n) is 14.5. The Labute approximate surface area is 173 Å². The molecule has 144 valence electrons. The van der Waals surface area contributed by atoms with Crippen LogP contribution in [-0.4, -0.2) is 5.91 Å². The molecule has 0 unspecified atom stereocenters. The monoisotopic (exact) mass is 497 g/mol. The summed E-state index contributed by atoms with van der Waals surface area (Å²) in [5.41, 5.74) is 0.000975.